The molecule has 1 heterocycles. The van der Waals surface area contributed by atoms with E-state index in [1.165, 1.54) is 0 Å². The number of piperazine rings is 1. The molecule has 33 heavy (non-hydrogen) atoms. The average molecular weight is 509 g/mol. The molecule has 1 fully saturated rings. The summed E-state index contributed by atoms with van der Waals surface area (Å²) in [6.45, 7) is 7.24. The smallest absolute Gasteiger partial charge is 0.250 e. The monoisotopic (exact) mass is 508 g/mol. The highest BCUT2D eigenvalue weighted by Crippen LogP contribution is 2.38. The summed E-state index contributed by atoms with van der Waals surface area (Å²) >= 11 is 3.78. The highest BCUT2D eigenvalue weighted by Gasteiger charge is 2.27. The summed E-state index contributed by atoms with van der Waals surface area (Å²) in [5, 5.41) is 6.94. The lowest BCUT2D eigenvalue weighted by Crippen LogP contribution is -2.57. The van der Waals surface area contributed by atoms with Gasteiger partial charge in [-0.3, -0.25) is 4.79 Å². The van der Waals surface area contributed by atoms with Crippen molar-refractivity contribution in [2.24, 2.45) is 5.73 Å². The van der Waals surface area contributed by atoms with Crippen LogP contribution in [-0.4, -0.2) is 38.2 Å². The fraction of sp³-hybridized carbons (Fsp3) is 0.269. The van der Waals surface area contributed by atoms with Crippen LogP contribution in [0.1, 0.15) is 24.2 Å². The highest BCUT2D eigenvalue weighted by molar-refractivity contribution is 9.10. The molecule has 0 aliphatic carbocycles. The standard InChI is InChI=1S/C26H29BrN4O2/c1-26(2)16-31(14-13-29-26)23-12-7-17(15-22(23)27)20-5-4-6-21(25(28)32)24(20)30-18-8-10-19(33-3)11-9-18/h4-12,15,29-30H,13-14,16H2,1-3H3,(H2,28,32). The Balaban J connectivity index is 1.71. The topological polar surface area (TPSA) is 79.6 Å². The number of nitrogens with two attached hydrogens (primary N) is 1. The number of primary amides is 1. The molecular weight excluding hydrogens is 480 g/mol. The Morgan fingerprint density at radius 1 is 1.15 bits per heavy atom. The SMILES string of the molecule is COc1ccc(Nc2c(C(N)=O)cccc2-c2ccc(N3CCNC(C)(C)C3)c(Br)c2)cc1. The molecule has 0 saturated carbocycles. The number of rotatable bonds is 6. The largest absolute Gasteiger partial charge is 0.497 e. The van der Waals surface area contributed by atoms with Gasteiger partial charge in [0.2, 0.25) is 0 Å². The molecule has 0 atom stereocenters. The molecule has 0 spiro atoms. The number of ether oxygens (including phenoxy) is 1. The number of hydrogen-bond donors (Lipinski definition) is 3. The average Bonchev–Trinajstić information content (AvgIpc) is 2.79. The van der Waals surface area contributed by atoms with E-state index >= 15 is 0 Å². The molecule has 172 valence electrons. The molecule has 3 aromatic carbocycles. The Morgan fingerprint density at radius 3 is 2.55 bits per heavy atom. The molecular formula is C26H29BrN4O2. The van der Waals surface area contributed by atoms with Gasteiger partial charge in [-0.2, -0.15) is 0 Å². The molecule has 0 radical (unpaired) electrons. The van der Waals surface area contributed by atoms with Crippen LogP contribution in [0.25, 0.3) is 11.1 Å². The summed E-state index contributed by atoms with van der Waals surface area (Å²) in [5.74, 6) is 0.283. The van der Waals surface area contributed by atoms with Crippen LogP contribution in [0.4, 0.5) is 17.1 Å². The van der Waals surface area contributed by atoms with Crippen LogP contribution in [0.5, 0.6) is 5.75 Å². The Bertz CT molecular complexity index is 1160. The number of carbonyl (C=O) groups is 1. The molecule has 0 unspecified atom stereocenters. The molecule has 1 amide bonds. The number of hydrogen-bond acceptors (Lipinski definition) is 5. The quantitative estimate of drug-likeness (QED) is 0.428. The van der Waals surface area contributed by atoms with Crippen LogP contribution in [0.15, 0.2) is 65.1 Å². The summed E-state index contributed by atoms with van der Waals surface area (Å²) in [4.78, 5) is 14.6. The third-order valence-corrected chi connectivity index (χ3v) is 6.50. The van der Waals surface area contributed by atoms with E-state index in [1.807, 2.05) is 36.4 Å². The van der Waals surface area contributed by atoms with E-state index in [9.17, 15) is 4.79 Å². The van der Waals surface area contributed by atoms with Gasteiger partial charge in [-0.15, -0.1) is 0 Å². The lowest BCUT2D eigenvalue weighted by molar-refractivity contribution is 0.100. The Morgan fingerprint density at radius 2 is 1.91 bits per heavy atom. The summed E-state index contributed by atoms with van der Waals surface area (Å²) in [6.07, 6.45) is 0. The van der Waals surface area contributed by atoms with Crippen molar-refractivity contribution in [1.82, 2.24) is 5.32 Å². The Hall–Kier alpha value is -3.03. The van der Waals surface area contributed by atoms with Crippen molar-refractivity contribution in [3.05, 3.63) is 70.7 Å². The minimum atomic E-state index is -0.480. The zero-order valence-corrected chi connectivity index (χ0v) is 20.7. The number of halogens is 1. The highest BCUT2D eigenvalue weighted by atomic mass is 79.9. The van der Waals surface area contributed by atoms with Crippen LogP contribution >= 0.6 is 15.9 Å². The van der Waals surface area contributed by atoms with Crippen molar-refractivity contribution in [3.63, 3.8) is 0 Å². The van der Waals surface area contributed by atoms with Gasteiger partial charge in [0, 0.05) is 40.9 Å². The van der Waals surface area contributed by atoms with Crippen molar-refractivity contribution in [2.75, 3.05) is 37.0 Å². The zero-order valence-electron chi connectivity index (χ0n) is 19.1. The molecule has 4 rings (SSSR count). The minimum absolute atomic E-state index is 0.0572. The molecule has 0 aromatic heterocycles. The van der Waals surface area contributed by atoms with Crippen molar-refractivity contribution in [2.45, 2.75) is 19.4 Å². The third-order valence-electron chi connectivity index (χ3n) is 5.86. The van der Waals surface area contributed by atoms with Crippen molar-refractivity contribution in [1.29, 1.82) is 0 Å². The van der Waals surface area contributed by atoms with Gasteiger partial charge >= 0.3 is 0 Å². The second-order valence-corrected chi connectivity index (χ2v) is 9.70. The van der Waals surface area contributed by atoms with Gasteiger partial charge in [0.15, 0.2) is 0 Å². The first-order chi connectivity index (χ1) is 15.8. The van der Waals surface area contributed by atoms with E-state index in [2.05, 4.69) is 63.5 Å². The van der Waals surface area contributed by atoms with Crippen molar-refractivity contribution >= 4 is 38.9 Å². The van der Waals surface area contributed by atoms with Gasteiger partial charge in [-0.05, 0) is 77.8 Å². The van der Waals surface area contributed by atoms with E-state index in [1.54, 1.807) is 13.2 Å². The first kappa shape index (κ1) is 23.1. The lowest BCUT2D eigenvalue weighted by Gasteiger charge is -2.40. The Kier molecular flexibility index (Phi) is 6.63. The Labute approximate surface area is 203 Å². The predicted molar refractivity (Wildman–Crippen MR) is 139 cm³/mol. The number of amides is 1. The van der Waals surface area contributed by atoms with Gasteiger partial charge in [0.05, 0.1) is 24.0 Å². The normalized spacial score (nSPS) is 15.2. The molecule has 1 aliphatic rings. The number of nitrogens with one attached hydrogen (secondary N) is 2. The molecule has 0 bridgehead atoms. The predicted octanol–water partition coefficient (Wildman–Crippen LogP) is 5.16. The number of para-hydroxylation sites is 1. The van der Waals surface area contributed by atoms with Gasteiger partial charge in [0.25, 0.3) is 5.91 Å². The van der Waals surface area contributed by atoms with E-state index in [4.69, 9.17) is 10.5 Å². The summed E-state index contributed by atoms with van der Waals surface area (Å²) in [7, 11) is 1.63. The van der Waals surface area contributed by atoms with E-state index < -0.39 is 5.91 Å². The van der Waals surface area contributed by atoms with Crippen molar-refractivity contribution in [3.8, 4) is 16.9 Å². The molecule has 6 nitrogen and oxygen atoms in total. The first-order valence-electron chi connectivity index (χ1n) is 10.9. The van der Waals surface area contributed by atoms with Gasteiger partial charge < -0.3 is 26.0 Å². The maximum atomic E-state index is 12.2. The van der Waals surface area contributed by atoms with Gasteiger partial charge in [-0.25, -0.2) is 0 Å². The second kappa shape index (κ2) is 9.45. The second-order valence-electron chi connectivity index (χ2n) is 8.84. The summed E-state index contributed by atoms with van der Waals surface area (Å²) in [6, 6.07) is 19.5. The van der Waals surface area contributed by atoms with Crippen LogP contribution in [0.3, 0.4) is 0 Å². The third kappa shape index (κ3) is 5.15. The number of benzene rings is 3. The van der Waals surface area contributed by atoms with E-state index in [0.29, 0.717) is 11.3 Å². The number of carbonyl (C=O) groups excluding carboxylic acids is 1. The van der Waals surface area contributed by atoms with Crippen LogP contribution < -0.4 is 26.0 Å². The number of methoxy groups -OCH3 is 1. The first-order valence-corrected chi connectivity index (χ1v) is 11.7. The van der Waals surface area contributed by atoms with Crippen LogP contribution in [0, 0.1) is 0 Å². The molecule has 1 aliphatic heterocycles. The zero-order chi connectivity index (χ0) is 23.6. The fourth-order valence-corrected chi connectivity index (χ4v) is 4.86. The molecule has 4 N–H and O–H groups in total. The minimum Gasteiger partial charge on any atom is -0.497 e. The molecule has 3 aromatic rings. The summed E-state index contributed by atoms with van der Waals surface area (Å²) < 4.78 is 6.26. The van der Waals surface area contributed by atoms with Gasteiger partial charge in [-0.1, -0.05) is 18.2 Å². The molecule has 1 saturated heterocycles. The molecule has 7 heteroatoms. The maximum absolute atomic E-state index is 12.2. The van der Waals surface area contributed by atoms with Gasteiger partial charge in [0.1, 0.15) is 5.75 Å². The number of nitrogens with zero attached hydrogens (tertiary/aromatic N) is 1. The lowest BCUT2D eigenvalue weighted by atomic mass is 9.98. The van der Waals surface area contributed by atoms with Crippen molar-refractivity contribution < 1.29 is 9.53 Å². The van der Waals surface area contributed by atoms with Crippen LogP contribution in [-0.2, 0) is 0 Å². The van der Waals surface area contributed by atoms with Crippen LogP contribution in [0.2, 0.25) is 0 Å². The maximum Gasteiger partial charge on any atom is 0.250 e. The number of anilines is 3. The van der Waals surface area contributed by atoms with E-state index in [0.717, 1.165) is 52.4 Å². The fourth-order valence-electron chi connectivity index (χ4n) is 4.23. The van der Waals surface area contributed by atoms with E-state index in [-0.39, 0.29) is 5.54 Å². The summed E-state index contributed by atoms with van der Waals surface area (Å²) in [5.41, 5.74) is 10.8.